The molecule has 1 amide bonds. The minimum absolute atomic E-state index is 0.0917. The van der Waals surface area contributed by atoms with Gasteiger partial charge in [-0.2, -0.15) is 0 Å². The maximum absolute atomic E-state index is 12.9. The summed E-state index contributed by atoms with van der Waals surface area (Å²) in [4.78, 5) is 32.5. The first kappa shape index (κ1) is 19.2. The molecule has 0 bridgehead atoms. The lowest BCUT2D eigenvalue weighted by atomic mass is 10.1. The van der Waals surface area contributed by atoms with Gasteiger partial charge in [-0.05, 0) is 35.9 Å². The number of pyridine rings is 1. The summed E-state index contributed by atoms with van der Waals surface area (Å²) in [6.07, 6.45) is 3.57. The van der Waals surface area contributed by atoms with Crippen molar-refractivity contribution in [3.63, 3.8) is 0 Å². The number of hydrogen-bond donors (Lipinski definition) is 1. The molecule has 3 rings (SSSR count). The van der Waals surface area contributed by atoms with Crippen LogP contribution in [0.15, 0.2) is 58.5 Å². The molecule has 0 aliphatic rings. The molecular formula is C19H16FN3O2S2. The molecule has 2 aromatic heterocycles. The number of carbonyl (C=O) groups excluding carboxylic acids is 2. The van der Waals surface area contributed by atoms with E-state index in [1.54, 1.807) is 12.4 Å². The van der Waals surface area contributed by atoms with Crippen molar-refractivity contribution < 1.29 is 14.0 Å². The average molecular weight is 401 g/mol. The van der Waals surface area contributed by atoms with E-state index in [0.717, 1.165) is 9.90 Å². The van der Waals surface area contributed by atoms with E-state index in [1.165, 1.54) is 47.4 Å². The maximum atomic E-state index is 12.9. The van der Waals surface area contributed by atoms with Crippen LogP contribution in [-0.4, -0.2) is 27.4 Å². The van der Waals surface area contributed by atoms with Gasteiger partial charge in [-0.3, -0.25) is 14.6 Å². The molecule has 0 saturated carbocycles. The zero-order valence-electron chi connectivity index (χ0n) is 14.2. The molecule has 27 heavy (non-hydrogen) atoms. The Labute approximate surface area is 164 Å². The van der Waals surface area contributed by atoms with Crippen molar-refractivity contribution in [3.8, 4) is 0 Å². The summed E-state index contributed by atoms with van der Waals surface area (Å²) < 4.78 is 13.6. The summed E-state index contributed by atoms with van der Waals surface area (Å²) >= 11 is 2.71. The molecule has 0 aliphatic heterocycles. The van der Waals surface area contributed by atoms with E-state index >= 15 is 0 Å². The van der Waals surface area contributed by atoms with Crippen LogP contribution < -0.4 is 5.32 Å². The molecule has 0 unspecified atom stereocenters. The van der Waals surface area contributed by atoms with Crippen molar-refractivity contribution in [2.45, 2.75) is 17.3 Å². The number of hydrogen-bond acceptors (Lipinski definition) is 6. The van der Waals surface area contributed by atoms with E-state index in [0.29, 0.717) is 17.8 Å². The molecular weight excluding hydrogens is 385 g/mol. The number of thiazole rings is 1. The highest BCUT2D eigenvalue weighted by molar-refractivity contribution is 8.01. The predicted molar refractivity (Wildman–Crippen MR) is 103 cm³/mol. The van der Waals surface area contributed by atoms with Crippen molar-refractivity contribution in [1.29, 1.82) is 0 Å². The van der Waals surface area contributed by atoms with Crippen LogP contribution >= 0.6 is 23.1 Å². The van der Waals surface area contributed by atoms with Crippen molar-refractivity contribution in [2.75, 3.05) is 5.75 Å². The smallest absolute Gasteiger partial charge is 0.226 e. The molecule has 0 spiro atoms. The Balaban J connectivity index is 1.45. The summed E-state index contributed by atoms with van der Waals surface area (Å²) in [6, 6.07) is 9.19. The highest BCUT2D eigenvalue weighted by Gasteiger charge is 2.11. The van der Waals surface area contributed by atoms with Crippen molar-refractivity contribution in [3.05, 3.63) is 76.8 Å². The topological polar surface area (TPSA) is 72.0 Å². The first-order valence-corrected chi connectivity index (χ1v) is 9.98. The number of nitrogens with one attached hydrogen (secondary N) is 1. The van der Waals surface area contributed by atoms with Gasteiger partial charge in [0.05, 0.1) is 17.9 Å². The number of rotatable bonds is 8. The molecule has 0 atom stereocenters. The third-order valence-electron chi connectivity index (χ3n) is 3.58. The number of nitrogens with zero attached hydrogens (tertiary/aromatic N) is 2. The molecule has 2 heterocycles. The second-order valence-corrected chi connectivity index (χ2v) is 7.72. The Morgan fingerprint density at radius 2 is 2.00 bits per heavy atom. The summed E-state index contributed by atoms with van der Waals surface area (Å²) in [5.74, 6) is -0.370. The van der Waals surface area contributed by atoms with Gasteiger partial charge in [-0.25, -0.2) is 9.37 Å². The van der Waals surface area contributed by atoms with E-state index in [4.69, 9.17) is 0 Å². The lowest BCUT2D eigenvalue weighted by Gasteiger charge is -2.03. The quantitative estimate of drug-likeness (QED) is 0.462. The van der Waals surface area contributed by atoms with E-state index in [1.807, 2.05) is 17.5 Å². The second-order valence-electron chi connectivity index (χ2n) is 5.64. The monoisotopic (exact) mass is 401 g/mol. The molecule has 1 aromatic carbocycles. The normalized spacial score (nSPS) is 10.6. The SMILES string of the molecule is O=C(Cc1csc(SCC(=O)c2ccc(F)cc2)n1)NCc1cccnc1. The van der Waals surface area contributed by atoms with Gasteiger partial charge >= 0.3 is 0 Å². The lowest BCUT2D eigenvalue weighted by molar-refractivity contribution is -0.120. The number of halogens is 1. The van der Waals surface area contributed by atoms with E-state index < -0.39 is 0 Å². The molecule has 138 valence electrons. The summed E-state index contributed by atoms with van der Waals surface area (Å²) in [7, 11) is 0. The minimum atomic E-state index is -0.370. The summed E-state index contributed by atoms with van der Waals surface area (Å²) in [5.41, 5.74) is 2.07. The minimum Gasteiger partial charge on any atom is -0.352 e. The van der Waals surface area contributed by atoms with Crippen LogP contribution in [-0.2, 0) is 17.8 Å². The molecule has 0 aliphatic carbocycles. The summed E-state index contributed by atoms with van der Waals surface area (Å²) in [6.45, 7) is 0.421. The first-order chi connectivity index (χ1) is 13.1. The first-order valence-electron chi connectivity index (χ1n) is 8.12. The number of Topliss-reactive ketones (excluding diaryl/α,β-unsaturated/α-hetero) is 1. The van der Waals surface area contributed by atoms with Crippen molar-refractivity contribution >= 4 is 34.8 Å². The fraction of sp³-hybridized carbons (Fsp3) is 0.158. The molecule has 0 saturated heterocycles. The van der Waals surface area contributed by atoms with Gasteiger partial charge in [0.1, 0.15) is 5.82 Å². The fourth-order valence-electron chi connectivity index (χ4n) is 2.21. The molecule has 8 heteroatoms. The molecule has 0 fully saturated rings. The van der Waals surface area contributed by atoms with Gasteiger partial charge in [0.25, 0.3) is 0 Å². The number of ketones is 1. The van der Waals surface area contributed by atoms with Gasteiger partial charge < -0.3 is 5.32 Å². The highest BCUT2D eigenvalue weighted by Crippen LogP contribution is 2.24. The molecule has 5 nitrogen and oxygen atoms in total. The number of thioether (sulfide) groups is 1. The zero-order chi connectivity index (χ0) is 19.1. The van der Waals surface area contributed by atoms with Gasteiger partial charge in [0.15, 0.2) is 10.1 Å². The van der Waals surface area contributed by atoms with Crippen LogP contribution in [0.5, 0.6) is 0 Å². The molecule has 3 aromatic rings. The highest BCUT2D eigenvalue weighted by atomic mass is 32.2. The summed E-state index contributed by atoms with van der Waals surface area (Å²) in [5, 5.41) is 4.64. The van der Waals surface area contributed by atoms with Crippen LogP contribution in [0.4, 0.5) is 4.39 Å². The third-order valence-corrected chi connectivity index (χ3v) is 5.65. The van der Waals surface area contributed by atoms with Crippen molar-refractivity contribution in [2.24, 2.45) is 0 Å². The zero-order valence-corrected chi connectivity index (χ0v) is 15.9. The number of aromatic nitrogens is 2. The second kappa shape index (κ2) is 9.38. The number of carbonyl (C=O) groups is 2. The molecule has 0 radical (unpaired) electrons. The Morgan fingerprint density at radius 1 is 1.19 bits per heavy atom. The Bertz CT molecular complexity index is 914. The van der Waals surface area contributed by atoms with Crippen LogP contribution in [0.25, 0.3) is 0 Å². The van der Waals surface area contributed by atoms with E-state index in [-0.39, 0.29) is 29.7 Å². The van der Waals surface area contributed by atoms with Crippen LogP contribution in [0, 0.1) is 5.82 Å². The van der Waals surface area contributed by atoms with Crippen LogP contribution in [0.1, 0.15) is 21.6 Å². The Kier molecular flexibility index (Phi) is 6.67. The largest absolute Gasteiger partial charge is 0.352 e. The van der Waals surface area contributed by atoms with E-state index in [2.05, 4.69) is 15.3 Å². The number of benzene rings is 1. The Hall–Kier alpha value is -2.58. The average Bonchev–Trinajstić information content (AvgIpc) is 3.13. The predicted octanol–water partition coefficient (Wildman–Crippen LogP) is 3.51. The lowest BCUT2D eigenvalue weighted by Crippen LogP contribution is -2.24. The third kappa shape index (κ3) is 5.97. The standard InChI is InChI=1S/C19H16FN3O2S2/c20-15-5-3-14(4-6-15)17(24)12-27-19-23-16(11-26-19)8-18(25)22-10-13-2-1-7-21-9-13/h1-7,9,11H,8,10,12H2,(H,22,25). The van der Waals surface area contributed by atoms with Gasteiger partial charge in [-0.15, -0.1) is 11.3 Å². The van der Waals surface area contributed by atoms with Crippen LogP contribution in [0.2, 0.25) is 0 Å². The van der Waals surface area contributed by atoms with E-state index in [9.17, 15) is 14.0 Å². The van der Waals surface area contributed by atoms with Gasteiger partial charge in [0, 0.05) is 29.9 Å². The fourth-order valence-corrected chi connectivity index (χ4v) is 3.95. The molecule has 1 N–H and O–H groups in total. The van der Waals surface area contributed by atoms with Crippen LogP contribution in [0.3, 0.4) is 0 Å². The maximum Gasteiger partial charge on any atom is 0.226 e. The number of amides is 1. The van der Waals surface area contributed by atoms with Gasteiger partial charge in [0.2, 0.25) is 5.91 Å². The van der Waals surface area contributed by atoms with Crippen molar-refractivity contribution in [1.82, 2.24) is 15.3 Å². The Morgan fingerprint density at radius 3 is 2.74 bits per heavy atom. The van der Waals surface area contributed by atoms with Gasteiger partial charge in [-0.1, -0.05) is 17.8 Å².